The zero-order chi connectivity index (χ0) is 9.14. The first-order valence-corrected chi connectivity index (χ1v) is 3.83. The standard InChI is InChI=1S/C9H12FNO.ClH/c1-6-4-7(2-3-11)8(10)5-9(6)12;/h4-5,12H,2-3,11H2,1H3;1H. The van der Waals surface area contributed by atoms with E-state index in [1.165, 1.54) is 0 Å². The van der Waals surface area contributed by atoms with Gasteiger partial charge in [0.15, 0.2) is 0 Å². The second-order valence-electron chi connectivity index (χ2n) is 2.77. The molecule has 0 aromatic heterocycles. The lowest BCUT2D eigenvalue weighted by Gasteiger charge is -2.04. The van der Waals surface area contributed by atoms with Gasteiger partial charge in [0.2, 0.25) is 0 Å². The third kappa shape index (κ3) is 2.86. The third-order valence-corrected chi connectivity index (χ3v) is 1.78. The van der Waals surface area contributed by atoms with E-state index in [0.717, 1.165) is 6.07 Å². The minimum Gasteiger partial charge on any atom is -0.508 e. The molecule has 4 heteroatoms. The SMILES string of the molecule is Cc1cc(CCN)c(F)cc1O.Cl. The Labute approximate surface area is 83.0 Å². The number of phenols is 1. The van der Waals surface area contributed by atoms with Gasteiger partial charge in [-0.25, -0.2) is 4.39 Å². The van der Waals surface area contributed by atoms with E-state index >= 15 is 0 Å². The molecule has 0 amide bonds. The van der Waals surface area contributed by atoms with Crippen LogP contribution in [0.15, 0.2) is 12.1 Å². The van der Waals surface area contributed by atoms with Gasteiger partial charge in [-0.2, -0.15) is 0 Å². The first kappa shape index (κ1) is 12.2. The van der Waals surface area contributed by atoms with Crippen molar-refractivity contribution in [3.8, 4) is 5.75 Å². The molecule has 0 fully saturated rings. The summed E-state index contributed by atoms with van der Waals surface area (Å²) in [4.78, 5) is 0. The average molecular weight is 206 g/mol. The zero-order valence-corrected chi connectivity index (χ0v) is 8.20. The molecule has 0 saturated carbocycles. The quantitative estimate of drug-likeness (QED) is 0.773. The summed E-state index contributed by atoms with van der Waals surface area (Å²) in [6.07, 6.45) is 0.507. The van der Waals surface area contributed by atoms with Gasteiger partial charge >= 0.3 is 0 Å². The first-order chi connectivity index (χ1) is 5.65. The fraction of sp³-hybridized carbons (Fsp3) is 0.333. The number of hydrogen-bond acceptors (Lipinski definition) is 2. The highest BCUT2D eigenvalue weighted by Gasteiger charge is 2.04. The molecule has 1 aromatic carbocycles. The van der Waals surface area contributed by atoms with E-state index in [-0.39, 0.29) is 24.0 Å². The van der Waals surface area contributed by atoms with Crippen LogP contribution in [0.1, 0.15) is 11.1 Å². The van der Waals surface area contributed by atoms with E-state index in [0.29, 0.717) is 24.1 Å². The van der Waals surface area contributed by atoms with Gasteiger partial charge in [0, 0.05) is 6.07 Å². The van der Waals surface area contributed by atoms with Crippen molar-refractivity contribution in [1.82, 2.24) is 0 Å². The minimum absolute atomic E-state index is 0. The van der Waals surface area contributed by atoms with Crippen molar-refractivity contribution in [2.24, 2.45) is 5.73 Å². The lowest BCUT2D eigenvalue weighted by Crippen LogP contribution is -2.04. The van der Waals surface area contributed by atoms with Crippen LogP contribution >= 0.6 is 12.4 Å². The molecule has 1 aromatic rings. The van der Waals surface area contributed by atoms with Crippen LogP contribution in [0.2, 0.25) is 0 Å². The normalized spacial score (nSPS) is 9.46. The molecule has 0 aliphatic carbocycles. The van der Waals surface area contributed by atoms with Gasteiger partial charge in [-0.05, 0) is 37.1 Å². The van der Waals surface area contributed by atoms with Crippen molar-refractivity contribution in [1.29, 1.82) is 0 Å². The molecule has 2 nitrogen and oxygen atoms in total. The van der Waals surface area contributed by atoms with Crippen LogP contribution in [0, 0.1) is 12.7 Å². The van der Waals surface area contributed by atoms with Gasteiger partial charge in [0.25, 0.3) is 0 Å². The molecule has 0 bridgehead atoms. The molecular formula is C9H13ClFNO. The van der Waals surface area contributed by atoms with Gasteiger partial charge in [-0.3, -0.25) is 0 Å². The van der Waals surface area contributed by atoms with E-state index in [9.17, 15) is 4.39 Å². The molecule has 0 saturated heterocycles. The molecule has 0 radical (unpaired) electrons. The van der Waals surface area contributed by atoms with Gasteiger partial charge in [-0.15, -0.1) is 12.4 Å². The van der Waals surface area contributed by atoms with Crippen molar-refractivity contribution in [3.63, 3.8) is 0 Å². The Bertz CT molecular complexity index is 291. The van der Waals surface area contributed by atoms with Gasteiger partial charge in [0.05, 0.1) is 0 Å². The van der Waals surface area contributed by atoms with Gasteiger partial charge < -0.3 is 10.8 Å². The molecule has 13 heavy (non-hydrogen) atoms. The average Bonchev–Trinajstić information content (AvgIpc) is 2.01. The van der Waals surface area contributed by atoms with Crippen LogP contribution in [0.4, 0.5) is 4.39 Å². The van der Waals surface area contributed by atoms with Crippen LogP contribution < -0.4 is 5.73 Å². The maximum atomic E-state index is 13.0. The number of phenolic OH excluding ortho intramolecular Hbond substituents is 1. The molecule has 3 N–H and O–H groups in total. The topological polar surface area (TPSA) is 46.2 Å². The summed E-state index contributed by atoms with van der Waals surface area (Å²) in [7, 11) is 0. The molecule has 0 aliphatic rings. The molecule has 0 spiro atoms. The van der Waals surface area contributed by atoms with E-state index in [4.69, 9.17) is 10.8 Å². The highest BCUT2D eigenvalue weighted by molar-refractivity contribution is 5.85. The molecule has 74 valence electrons. The van der Waals surface area contributed by atoms with E-state index in [2.05, 4.69) is 0 Å². The predicted octanol–water partition coefficient (Wildman–Crippen LogP) is 1.76. The second kappa shape index (κ2) is 5.04. The summed E-state index contributed by atoms with van der Waals surface area (Å²) < 4.78 is 13.0. The minimum atomic E-state index is -0.386. The smallest absolute Gasteiger partial charge is 0.130 e. The first-order valence-electron chi connectivity index (χ1n) is 3.83. The predicted molar refractivity (Wildman–Crippen MR) is 52.8 cm³/mol. The molecular weight excluding hydrogens is 193 g/mol. The monoisotopic (exact) mass is 205 g/mol. The Morgan fingerprint density at radius 2 is 2.08 bits per heavy atom. The van der Waals surface area contributed by atoms with Crippen LogP contribution in [-0.2, 0) is 6.42 Å². The lowest BCUT2D eigenvalue weighted by molar-refractivity contribution is 0.463. The summed E-state index contributed by atoms with van der Waals surface area (Å²) in [5, 5.41) is 9.12. The summed E-state index contributed by atoms with van der Waals surface area (Å²) >= 11 is 0. The van der Waals surface area contributed by atoms with Crippen molar-refractivity contribution < 1.29 is 9.50 Å². The molecule has 0 unspecified atom stereocenters. The van der Waals surface area contributed by atoms with Crippen LogP contribution in [0.25, 0.3) is 0 Å². The second-order valence-corrected chi connectivity index (χ2v) is 2.77. The van der Waals surface area contributed by atoms with Gasteiger partial charge in [0.1, 0.15) is 11.6 Å². The highest BCUT2D eigenvalue weighted by Crippen LogP contribution is 2.20. The Kier molecular flexibility index (Phi) is 4.73. The van der Waals surface area contributed by atoms with E-state index < -0.39 is 0 Å². The Balaban J connectivity index is 0.00000144. The summed E-state index contributed by atoms with van der Waals surface area (Å²) in [5.74, 6) is -0.392. The van der Waals surface area contributed by atoms with E-state index in [1.54, 1.807) is 13.0 Å². The number of benzene rings is 1. The molecule has 0 aliphatic heterocycles. The number of aryl methyl sites for hydroxylation is 1. The maximum absolute atomic E-state index is 13.0. The summed E-state index contributed by atoms with van der Waals surface area (Å²) in [5.41, 5.74) is 6.53. The van der Waals surface area contributed by atoms with Crippen LogP contribution in [0.3, 0.4) is 0 Å². The molecule has 0 heterocycles. The van der Waals surface area contributed by atoms with Crippen LogP contribution in [0.5, 0.6) is 5.75 Å². The lowest BCUT2D eigenvalue weighted by atomic mass is 10.1. The Morgan fingerprint density at radius 3 is 2.62 bits per heavy atom. The number of rotatable bonds is 2. The van der Waals surface area contributed by atoms with Crippen molar-refractivity contribution in [3.05, 3.63) is 29.1 Å². The highest BCUT2D eigenvalue weighted by atomic mass is 35.5. The zero-order valence-electron chi connectivity index (χ0n) is 7.38. The molecule has 0 atom stereocenters. The number of hydrogen-bond donors (Lipinski definition) is 2. The van der Waals surface area contributed by atoms with Crippen molar-refractivity contribution >= 4 is 12.4 Å². The van der Waals surface area contributed by atoms with Crippen molar-refractivity contribution in [2.45, 2.75) is 13.3 Å². The Hall–Kier alpha value is -0.800. The van der Waals surface area contributed by atoms with Crippen LogP contribution in [-0.4, -0.2) is 11.7 Å². The van der Waals surface area contributed by atoms with Gasteiger partial charge in [-0.1, -0.05) is 0 Å². The Morgan fingerprint density at radius 1 is 1.46 bits per heavy atom. The largest absolute Gasteiger partial charge is 0.508 e. The summed E-state index contributed by atoms with van der Waals surface area (Å²) in [6, 6.07) is 2.75. The number of nitrogens with two attached hydrogens (primary N) is 1. The maximum Gasteiger partial charge on any atom is 0.130 e. The fourth-order valence-corrected chi connectivity index (χ4v) is 1.08. The van der Waals surface area contributed by atoms with E-state index in [1.807, 2.05) is 0 Å². The third-order valence-electron chi connectivity index (χ3n) is 1.78. The van der Waals surface area contributed by atoms with Crippen molar-refractivity contribution in [2.75, 3.05) is 6.54 Å². The summed E-state index contributed by atoms with van der Waals surface area (Å²) in [6.45, 7) is 2.15. The fourth-order valence-electron chi connectivity index (χ4n) is 1.08. The number of aromatic hydroxyl groups is 1. The number of halogens is 2. The molecule has 1 rings (SSSR count).